The molecule has 1 aromatic rings. The van der Waals surface area contributed by atoms with Crippen molar-refractivity contribution in [1.82, 2.24) is 5.32 Å². The lowest BCUT2D eigenvalue weighted by molar-refractivity contribution is 0.108. The van der Waals surface area contributed by atoms with Crippen LogP contribution in [-0.4, -0.2) is 19.3 Å². The Balaban J connectivity index is 1.93. The molecule has 1 aliphatic heterocycles. The molecule has 1 heterocycles. The van der Waals surface area contributed by atoms with Gasteiger partial charge in [-0.25, -0.2) is 0 Å². The third-order valence-corrected chi connectivity index (χ3v) is 3.68. The number of nitrogens with one attached hydrogen (secondary N) is 1. The van der Waals surface area contributed by atoms with Gasteiger partial charge in [0.25, 0.3) is 0 Å². The molecule has 0 bridgehead atoms. The molecule has 1 N–H and O–H groups in total. The van der Waals surface area contributed by atoms with Crippen molar-refractivity contribution in [1.29, 1.82) is 0 Å². The van der Waals surface area contributed by atoms with Gasteiger partial charge < -0.3 is 10.1 Å². The monoisotopic (exact) mass is 273 g/mol. The lowest BCUT2D eigenvalue weighted by atomic mass is 10.1. The average molecular weight is 274 g/mol. The summed E-state index contributed by atoms with van der Waals surface area (Å²) in [5.41, 5.74) is 1.04. The highest BCUT2D eigenvalue weighted by Gasteiger charge is 2.17. The Hall–Kier alpha value is -0.280. The van der Waals surface area contributed by atoms with E-state index in [4.69, 9.17) is 27.9 Å². The summed E-state index contributed by atoms with van der Waals surface area (Å²) in [5.74, 6) is 0. The largest absolute Gasteiger partial charge is 0.377 e. The maximum absolute atomic E-state index is 6.16. The van der Waals surface area contributed by atoms with E-state index in [0.717, 1.165) is 35.2 Å². The highest BCUT2D eigenvalue weighted by molar-refractivity contribution is 6.33. The summed E-state index contributed by atoms with van der Waals surface area (Å²) in [6.07, 6.45) is 2.65. The van der Waals surface area contributed by atoms with Crippen molar-refractivity contribution >= 4 is 23.2 Å². The van der Waals surface area contributed by atoms with Crippen molar-refractivity contribution in [3.63, 3.8) is 0 Å². The number of benzene rings is 1. The molecular formula is C13H17Cl2NO. The topological polar surface area (TPSA) is 21.3 Å². The Morgan fingerprint density at radius 1 is 1.47 bits per heavy atom. The van der Waals surface area contributed by atoms with Gasteiger partial charge >= 0.3 is 0 Å². The maximum atomic E-state index is 6.16. The Bertz CT molecular complexity index is 378. The Labute approximate surface area is 112 Å². The van der Waals surface area contributed by atoms with Crippen LogP contribution in [0.1, 0.15) is 31.4 Å². The first-order valence-electron chi connectivity index (χ1n) is 5.97. The van der Waals surface area contributed by atoms with Gasteiger partial charge in [-0.3, -0.25) is 0 Å². The van der Waals surface area contributed by atoms with E-state index in [-0.39, 0.29) is 6.04 Å². The molecule has 2 atom stereocenters. The third-order valence-electron chi connectivity index (χ3n) is 3.10. The SMILES string of the molecule is CC(NCC1CCCO1)c1cc(Cl)ccc1Cl. The molecule has 94 valence electrons. The lowest BCUT2D eigenvalue weighted by Gasteiger charge is -2.18. The van der Waals surface area contributed by atoms with Crippen LogP contribution in [0.5, 0.6) is 0 Å². The van der Waals surface area contributed by atoms with Gasteiger partial charge in [-0.05, 0) is 43.5 Å². The summed E-state index contributed by atoms with van der Waals surface area (Å²) < 4.78 is 5.57. The van der Waals surface area contributed by atoms with E-state index in [0.29, 0.717) is 6.10 Å². The highest BCUT2D eigenvalue weighted by atomic mass is 35.5. The lowest BCUT2D eigenvalue weighted by Crippen LogP contribution is -2.28. The molecule has 0 aromatic heterocycles. The smallest absolute Gasteiger partial charge is 0.0700 e. The van der Waals surface area contributed by atoms with Crippen LogP contribution >= 0.6 is 23.2 Å². The fraction of sp³-hybridized carbons (Fsp3) is 0.538. The van der Waals surface area contributed by atoms with E-state index >= 15 is 0 Å². The average Bonchev–Trinajstić information content (AvgIpc) is 2.82. The molecule has 0 saturated carbocycles. The quantitative estimate of drug-likeness (QED) is 0.901. The minimum Gasteiger partial charge on any atom is -0.377 e. The molecule has 0 amide bonds. The van der Waals surface area contributed by atoms with Gasteiger partial charge in [0.05, 0.1) is 6.10 Å². The van der Waals surface area contributed by atoms with E-state index < -0.39 is 0 Å². The fourth-order valence-corrected chi connectivity index (χ4v) is 2.53. The Kier molecular flexibility index (Phi) is 4.69. The zero-order chi connectivity index (χ0) is 12.3. The van der Waals surface area contributed by atoms with Gasteiger partial charge in [0, 0.05) is 29.2 Å². The molecular weight excluding hydrogens is 257 g/mol. The second-order valence-corrected chi connectivity index (χ2v) is 5.27. The number of rotatable bonds is 4. The molecule has 0 aliphatic carbocycles. The molecule has 1 saturated heterocycles. The van der Waals surface area contributed by atoms with Crippen molar-refractivity contribution in [2.45, 2.75) is 31.9 Å². The van der Waals surface area contributed by atoms with Crippen LogP contribution in [0.4, 0.5) is 0 Å². The zero-order valence-corrected chi connectivity index (χ0v) is 11.4. The first-order chi connectivity index (χ1) is 8.16. The standard InChI is InChI=1S/C13H17Cl2NO/c1-9(16-8-11-3-2-6-17-11)12-7-10(14)4-5-13(12)15/h4-5,7,9,11,16H,2-3,6,8H2,1H3. The minimum absolute atomic E-state index is 0.186. The molecule has 0 spiro atoms. The number of ether oxygens (including phenoxy) is 1. The summed E-state index contributed by atoms with van der Waals surface area (Å²) in [4.78, 5) is 0. The van der Waals surface area contributed by atoms with Gasteiger partial charge in [0.15, 0.2) is 0 Å². The summed E-state index contributed by atoms with van der Waals surface area (Å²) in [6, 6.07) is 5.74. The van der Waals surface area contributed by atoms with E-state index in [1.54, 1.807) is 6.07 Å². The van der Waals surface area contributed by atoms with Crippen LogP contribution in [0.25, 0.3) is 0 Å². The molecule has 1 aliphatic rings. The minimum atomic E-state index is 0.186. The predicted molar refractivity (Wildman–Crippen MR) is 71.9 cm³/mol. The van der Waals surface area contributed by atoms with Crippen LogP contribution in [-0.2, 0) is 4.74 Å². The van der Waals surface area contributed by atoms with Crippen LogP contribution < -0.4 is 5.32 Å². The molecule has 1 aromatic carbocycles. The summed E-state index contributed by atoms with van der Waals surface area (Å²) in [7, 11) is 0. The molecule has 2 unspecified atom stereocenters. The van der Waals surface area contributed by atoms with E-state index in [2.05, 4.69) is 12.2 Å². The number of halogens is 2. The van der Waals surface area contributed by atoms with Crippen molar-refractivity contribution in [2.75, 3.05) is 13.2 Å². The van der Waals surface area contributed by atoms with Crippen LogP contribution in [0, 0.1) is 0 Å². The first kappa shape index (κ1) is 13.2. The van der Waals surface area contributed by atoms with Gasteiger partial charge in [0.2, 0.25) is 0 Å². The van der Waals surface area contributed by atoms with Gasteiger partial charge in [-0.1, -0.05) is 23.2 Å². The van der Waals surface area contributed by atoms with Gasteiger partial charge in [-0.2, -0.15) is 0 Å². The van der Waals surface area contributed by atoms with Crippen LogP contribution in [0.15, 0.2) is 18.2 Å². The second kappa shape index (κ2) is 6.05. The molecule has 2 rings (SSSR count). The summed E-state index contributed by atoms with van der Waals surface area (Å²) in [6.45, 7) is 3.84. The maximum Gasteiger partial charge on any atom is 0.0700 e. The van der Waals surface area contributed by atoms with Crippen LogP contribution in [0.2, 0.25) is 10.0 Å². The van der Waals surface area contributed by atoms with Crippen molar-refractivity contribution in [3.05, 3.63) is 33.8 Å². The summed E-state index contributed by atoms with van der Waals surface area (Å²) in [5, 5.41) is 4.91. The Morgan fingerprint density at radius 2 is 2.29 bits per heavy atom. The molecule has 17 heavy (non-hydrogen) atoms. The highest BCUT2D eigenvalue weighted by Crippen LogP contribution is 2.26. The van der Waals surface area contributed by atoms with E-state index in [9.17, 15) is 0 Å². The zero-order valence-electron chi connectivity index (χ0n) is 9.88. The third kappa shape index (κ3) is 3.59. The van der Waals surface area contributed by atoms with Gasteiger partial charge in [-0.15, -0.1) is 0 Å². The second-order valence-electron chi connectivity index (χ2n) is 4.43. The normalized spacial score (nSPS) is 21.7. The number of hydrogen-bond acceptors (Lipinski definition) is 2. The molecule has 1 fully saturated rings. The predicted octanol–water partition coefficient (Wildman–Crippen LogP) is 3.82. The van der Waals surface area contributed by atoms with Gasteiger partial charge in [0.1, 0.15) is 0 Å². The number of hydrogen-bond donors (Lipinski definition) is 1. The first-order valence-corrected chi connectivity index (χ1v) is 6.72. The fourth-order valence-electron chi connectivity index (χ4n) is 2.07. The van der Waals surface area contributed by atoms with Crippen molar-refractivity contribution in [2.24, 2.45) is 0 Å². The molecule has 2 nitrogen and oxygen atoms in total. The van der Waals surface area contributed by atoms with E-state index in [1.807, 2.05) is 12.1 Å². The molecule has 0 radical (unpaired) electrons. The van der Waals surface area contributed by atoms with Crippen molar-refractivity contribution in [3.8, 4) is 0 Å². The summed E-state index contributed by atoms with van der Waals surface area (Å²) >= 11 is 12.1. The Morgan fingerprint density at radius 3 is 3.00 bits per heavy atom. The molecule has 4 heteroatoms. The van der Waals surface area contributed by atoms with Crippen molar-refractivity contribution < 1.29 is 4.74 Å². The van der Waals surface area contributed by atoms with Crippen LogP contribution in [0.3, 0.4) is 0 Å². The van der Waals surface area contributed by atoms with E-state index in [1.165, 1.54) is 6.42 Å².